The van der Waals surface area contributed by atoms with E-state index in [1.165, 1.54) is 35.6 Å². The molecule has 0 aliphatic carbocycles. The molecule has 0 saturated carbocycles. The first-order valence-corrected chi connectivity index (χ1v) is 36.2. The van der Waals surface area contributed by atoms with Crippen molar-refractivity contribution >= 4 is 135 Å². The molecule has 1 aliphatic heterocycles. The Morgan fingerprint density at radius 3 is 1.68 bits per heavy atom. The van der Waals surface area contributed by atoms with Crippen LogP contribution in [-0.2, 0) is 102 Å². The molecule has 0 spiro atoms. The van der Waals surface area contributed by atoms with Gasteiger partial charge in [-0.1, -0.05) is 64.5 Å². The Morgan fingerprint density at radius 1 is 0.568 bits per heavy atom. The number of Topliss-reactive ketones (excluding diaryl/α,β-unsaturated/α-hetero) is 1. The van der Waals surface area contributed by atoms with Crippen molar-refractivity contribution in [2.75, 3.05) is 32.0 Å². The highest BCUT2D eigenvalue weighted by molar-refractivity contribution is 7.08. The number of ether oxygens (including phenoxy) is 1. The number of carbonyl (C=O) groups is 20. The minimum Gasteiger partial charge on any atom is -0.481 e. The second-order valence-electron chi connectivity index (χ2n) is 26.0. The molecule has 13 atom stereocenters. The average Bonchev–Trinajstić information content (AvgIpc) is 1.02. The number of cyclic esters (lactones) is 1. The maximum Gasteiger partial charge on any atom is 0.329 e. The molecule has 0 unspecified atom stereocenters. The summed E-state index contributed by atoms with van der Waals surface area (Å²) in [6.45, 7) is 1.13. The minimum absolute atomic E-state index is 0.00496. The number of anilines is 1. The summed E-state index contributed by atoms with van der Waals surface area (Å²) in [4.78, 5) is 271. The Bertz CT molecular complexity index is 3680. The van der Waals surface area contributed by atoms with Gasteiger partial charge in [0.1, 0.15) is 72.6 Å². The summed E-state index contributed by atoms with van der Waals surface area (Å²) >= 11 is 1.26. The molecule has 2 aromatic rings. The first-order valence-electron chi connectivity index (χ1n) is 35.3. The topological polar surface area (TPSA) is 686 Å². The van der Waals surface area contributed by atoms with Crippen LogP contribution in [0.2, 0.25) is 0 Å². The van der Waals surface area contributed by atoms with Gasteiger partial charge >= 0.3 is 29.8 Å². The van der Waals surface area contributed by atoms with Crippen molar-refractivity contribution in [2.45, 2.75) is 209 Å². The van der Waals surface area contributed by atoms with Crippen LogP contribution >= 0.6 is 11.3 Å². The monoisotopic (exact) mass is 1590 g/mol. The number of ketones is 1. The Morgan fingerprint density at radius 2 is 1.11 bits per heavy atom. The highest BCUT2D eigenvalue weighted by atomic mass is 32.1. The lowest BCUT2D eigenvalue weighted by molar-refractivity contribution is -0.156. The van der Waals surface area contributed by atoms with Crippen LogP contribution in [0.25, 0.3) is 0 Å². The van der Waals surface area contributed by atoms with Gasteiger partial charge in [0, 0.05) is 30.5 Å². The number of primary amides is 1. The van der Waals surface area contributed by atoms with Crippen molar-refractivity contribution in [3.63, 3.8) is 0 Å². The van der Waals surface area contributed by atoms with Crippen LogP contribution in [0.1, 0.15) is 146 Å². The number of aliphatic hydroxyl groups is 1. The molecule has 1 aromatic carbocycles. The fourth-order valence-electron chi connectivity index (χ4n) is 10.9. The van der Waals surface area contributed by atoms with Crippen LogP contribution < -0.4 is 86.3 Å². The quantitative estimate of drug-likeness (QED) is 0.0132. The fourth-order valence-corrected chi connectivity index (χ4v) is 11.5. The molecular weight excluding hydrogens is 1490 g/mol. The molecule has 42 nitrogen and oxygen atoms in total. The predicted molar refractivity (Wildman–Crippen MR) is 386 cm³/mol. The van der Waals surface area contributed by atoms with E-state index in [9.17, 15) is 121 Å². The number of para-hydroxylation sites is 1. The summed E-state index contributed by atoms with van der Waals surface area (Å²) < 4.78 is 5.66. The summed E-state index contributed by atoms with van der Waals surface area (Å²) in [5, 5.41) is 81.1. The molecule has 2 heterocycles. The standard InChI is InChI=1S/C68H98N16O26S/c1-5-6-7-8-9-10-11-18-49(88)76-40(23-36-19-21-111-32-36)62(103)79-41(25-48(71)87)63(104)81-44(28-55(97)98)64(105)84-57-35(4)110-68(109)45(24-47(86)37-15-12-13-16-38(37)70)82-67(108)56(33(2)22-52(91)92)83-65(106)46(31-85)77-51(90)29-72-59(100)42(26-53(93)94)78-58(99)34(3)74-61(102)43(27-54(95)96)80-60(101)39(17-14-20-69)75-50(89)30-73-66(57)107/h12-13,15-16,19,21,32-35,39-46,56-57,85H,5-11,14,17-18,20,22-31,69-70H2,1-4H3,(H2,71,87)(H,72,100)(H,73,107)(H,74,102)(H,75,89)(H,76,88)(H,77,90)(H,78,99)(H,79,103)(H,80,101)(H,81,104)(H,82,108)(H,83,106)(H,84,105)(H,91,92)(H,93,94)(H,95,96)(H,97,98)/t33-,34+,35+,39-,40-,41-,42-,43-,44-,45-,46+,56-,57-/m0/s1. The van der Waals surface area contributed by atoms with E-state index < -0.39 is 255 Å². The second-order valence-corrected chi connectivity index (χ2v) is 26.8. The maximum absolute atomic E-state index is 14.8. The fraction of sp³-hybridized carbons (Fsp3) is 0.559. The van der Waals surface area contributed by atoms with Crippen LogP contribution in [-0.4, -0.2) is 243 Å². The summed E-state index contributed by atoms with van der Waals surface area (Å²) in [6.07, 6.45) is -3.67. The van der Waals surface area contributed by atoms with Gasteiger partial charge in [-0.3, -0.25) is 91.1 Å². The van der Waals surface area contributed by atoms with Crippen molar-refractivity contribution < 1.29 is 126 Å². The van der Waals surface area contributed by atoms with Crippen LogP contribution in [0.15, 0.2) is 41.1 Å². The lowest BCUT2D eigenvalue weighted by atomic mass is 9.96. The number of nitrogens with one attached hydrogen (secondary N) is 13. The minimum atomic E-state index is -2.44. The van der Waals surface area contributed by atoms with Crippen molar-refractivity contribution in [3.05, 3.63) is 52.2 Å². The van der Waals surface area contributed by atoms with Gasteiger partial charge in [0.25, 0.3) is 0 Å². The van der Waals surface area contributed by atoms with Crippen LogP contribution in [0.5, 0.6) is 0 Å². The smallest absolute Gasteiger partial charge is 0.329 e. The van der Waals surface area contributed by atoms with Crippen molar-refractivity contribution in [1.82, 2.24) is 69.1 Å². The highest BCUT2D eigenvalue weighted by Gasteiger charge is 2.41. The molecule has 1 saturated heterocycles. The van der Waals surface area contributed by atoms with E-state index in [4.69, 9.17) is 21.9 Å². The number of thiophene rings is 1. The molecule has 1 aromatic heterocycles. The molecular formula is C68H98N16O26S. The van der Waals surface area contributed by atoms with E-state index >= 15 is 0 Å². The van der Waals surface area contributed by atoms with Gasteiger partial charge in [-0.05, 0) is 80.1 Å². The summed E-state index contributed by atoms with van der Waals surface area (Å²) in [5.41, 5.74) is 17.4. The number of nitrogens with two attached hydrogens (primary N) is 3. The van der Waals surface area contributed by atoms with Crippen LogP contribution in [0.4, 0.5) is 5.69 Å². The SMILES string of the molecule is CCCCCCCCCC(=O)N[C@@H](Cc1ccsc1)C(=O)N[C@@H](CC(N)=O)C(=O)N[C@@H](CC(=O)O)C(=O)N[C@@H]1C(=O)NCC(=O)N[C@@H](CCCN)C(=O)N[C@@H](CC(=O)O)C(=O)N[C@H](C)C(=O)N[C@@H](CC(=O)O)C(=O)NCC(=O)N[C@H](CO)C(=O)N[C@@H]([C@@H](C)CC(=O)O)C(=O)N[C@@H](CC(=O)c2ccccc2N)C(=O)O[C@@H]1C. The molecule has 612 valence electrons. The number of unbranched alkanes of at least 4 members (excludes halogenated alkanes) is 6. The third kappa shape index (κ3) is 34.1. The number of amides is 14. The number of aliphatic carboxylic acids is 4. The molecule has 1 aliphatic rings. The molecule has 3 rings (SSSR count). The molecule has 24 N–H and O–H groups in total. The highest BCUT2D eigenvalue weighted by Crippen LogP contribution is 2.19. The van der Waals surface area contributed by atoms with Gasteiger partial charge in [0.15, 0.2) is 5.78 Å². The molecule has 0 bridgehead atoms. The van der Waals surface area contributed by atoms with E-state index in [1.807, 2.05) is 16.0 Å². The summed E-state index contributed by atoms with van der Waals surface area (Å²) in [6, 6.07) is -15.7. The number of esters is 1. The van der Waals surface area contributed by atoms with Gasteiger partial charge in [0.2, 0.25) is 82.7 Å². The van der Waals surface area contributed by atoms with Crippen molar-refractivity contribution in [3.8, 4) is 0 Å². The van der Waals surface area contributed by atoms with Gasteiger partial charge in [-0.15, -0.1) is 0 Å². The molecule has 1 fully saturated rings. The number of hydrogen-bond acceptors (Lipinski definition) is 25. The maximum atomic E-state index is 14.8. The predicted octanol–water partition coefficient (Wildman–Crippen LogP) is -6.04. The zero-order chi connectivity index (χ0) is 83.2. The summed E-state index contributed by atoms with van der Waals surface area (Å²) in [7, 11) is 0. The van der Waals surface area contributed by atoms with E-state index in [-0.39, 0.29) is 43.5 Å². The number of hydrogen-bond donors (Lipinski definition) is 21. The van der Waals surface area contributed by atoms with Gasteiger partial charge < -0.3 is 117 Å². The Kier molecular flexibility index (Phi) is 40.3. The van der Waals surface area contributed by atoms with E-state index in [1.54, 1.807) is 16.8 Å². The number of carbonyl (C=O) groups excluding carboxylic acids is 16. The number of carboxylic acid groups (broad SMARTS) is 4. The van der Waals surface area contributed by atoms with Crippen LogP contribution in [0.3, 0.4) is 0 Å². The van der Waals surface area contributed by atoms with Crippen molar-refractivity contribution in [2.24, 2.45) is 17.4 Å². The van der Waals surface area contributed by atoms with Crippen LogP contribution in [0, 0.1) is 5.92 Å². The average molecular weight is 1590 g/mol. The first-order chi connectivity index (χ1) is 52.4. The molecule has 111 heavy (non-hydrogen) atoms. The molecule has 14 amide bonds. The van der Waals surface area contributed by atoms with Gasteiger partial charge in [0.05, 0.1) is 51.8 Å². The molecule has 43 heteroatoms. The second kappa shape index (κ2) is 47.9. The number of aliphatic hydroxyl groups excluding tert-OH is 1. The third-order valence-corrected chi connectivity index (χ3v) is 17.5. The lowest BCUT2D eigenvalue weighted by Crippen LogP contribution is -2.62. The summed E-state index contributed by atoms with van der Waals surface area (Å²) in [5.74, 6) is -29.6. The van der Waals surface area contributed by atoms with Gasteiger partial charge in [-0.2, -0.15) is 11.3 Å². The normalized spacial score (nSPS) is 21.5. The largest absolute Gasteiger partial charge is 0.481 e. The van der Waals surface area contributed by atoms with E-state index in [2.05, 4.69) is 60.1 Å². The number of rotatable bonds is 35. The number of nitrogen functional groups attached to an aromatic ring is 1. The lowest BCUT2D eigenvalue weighted by Gasteiger charge is -2.30. The van der Waals surface area contributed by atoms with Gasteiger partial charge in [-0.25, -0.2) is 4.79 Å². The number of benzene rings is 1. The van der Waals surface area contributed by atoms with E-state index in [0.717, 1.165) is 52.9 Å². The zero-order valence-electron chi connectivity index (χ0n) is 61.3. The molecule has 0 radical (unpaired) electrons. The Balaban J connectivity index is 2.27. The Hall–Kier alpha value is -11.8. The Labute approximate surface area is 639 Å². The third-order valence-electron chi connectivity index (χ3n) is 16.8. The van der Waals surface area contributed by atoms with Crippen molar-refractivity contribution in [1.29, 1.82) is 0 Å². The van der Waals surface area contributed by atoms with E-state index in [0.29, 0.717) is 18.4 Å². The first kappa shape index (κ1) is 93.4. The zero-order valence-corrected chi connectivity index (χ0v) is 62.2. The number of carboxylic acids is 4.